The van der Waals surface area contributed by atoms with Crippen LogP contribution in [0.15, 0.2) is 5.16 Å². The number of thioether (sulfide) groups is 1. The Morgan fingerprint density at radius 2 is 2.00 bits per heavy atom. The lowest BCUT2D eigenvalue weighted by Crippen LogP contribution is -2.47. The lowest BCUT2D eigenvalue weighted by atomic mass is 10.0. The van der Waals surface area contributed by atoms with Gasteiger partial charge in [0, 0.05) is 11.3 Å². The molecule has 0 aromatic rings. The second-order valence-electron chi connectivity index (χ2n) is 3.96. The smallest absolute Gasteiger partial charge is 0.156 e. The van der Waals surface area contributed by atoms with E-state index in [1.165, 1.54) is 0 Å². The minimum atomic E-state index is -0.0328. The summed E-state index contributed by atoms with van der Waals surface area (Å²) < 4.78 is 0.253. The molecule has 0 aliphatic heterocycles. The van der Waals surface area contributed by atoms with Gasteiger partial charge in [0.15, 0.2) is 5.84 Å². The third-order valence-electron chi connectivity index (χ3n) is 3.27. The molecule has 0 saturated carbocycles. The SMILES string of the molecule is CCC(NCC(CC)(CC)SC)C(N)=NO. The highest BCUT2D eigenvalue weighted by Crippen LogP contribution is 2.29. The van der Waals surface area contributed by atoms with Gasteiger partial charge in [-0.15, -0.1) is 0 Å². The van der Waals surface area contributed by atoms with Crippen molar-refractivity contribution in [3.05, 3.63) is 0 Å². The molecule has 0 aromatic carbocycles. The first-order valence-corrected chi connectivity index (χ1v) is 7.07. The van der Waals surface area contributed by atoms with Crippen molar-refractivity contribution in [2.24, 2.45) is 10.9 Å². The van der Waals surface area contributed by atoms with Crippen molar-refractivity contribution in [1.82, 2.24) is 5.32 Å². The molecule has 0 radical (unpaired) electrons. The van der Waals surface area contributed by atoms with Gasteiger partial charge in [0.1, 0.15) is 0 Å². The van der Waals surface area contributed by atoms with Crippen LogP contribution in [0, 0.1) is 0 Å². The number of nitrogens with two attached hydrogens (primary N) is 1. The summed E-state index contributed by atoms with van der Waals surface area (Å²) in [7, 11) is 0. The second kappa shape index (κ2) is 7.79. The topological polar surface area (TPSA) is 70.6 Å². The summed E-state index contributed by atoms with van der Waals surface area (Å²) in [4.78, 5) is 0. The number of oxime groups is 1. The summed E-state index contributed by atoms with van der Waals surface area (Å²) in [6.07, 6.45) is 5.20. The molecule has 0 aliphatic rings. The Labute approximate surface area is 103 Å². The van der Waals surface area contributed by atoms with E-state index in [9.17, 15) is 0 Å². The Morgan fingerprint density at radius 3 is 2.31 bits per heavy atom. The highest BCUT2D eigenvalue weighted by atomic mass is 32.2. The molecule has 96 valence electrons. The summed E-state index contributed by atoms with van der Waals surface area (Å²) in [5.41, 5.74) is 5.61. The summed E-state index contributed by atoms with van der Waals surface area (Å²) in [6, 6.07) is -0.0328. The van der Waals surface area contributed by atoms with Crippen LogP contribution in [0.3, 0.4) is 0 Å². The Kier molecular flexibility index (Phi) is 7.58. The van der Waals surface area contributed by atoms with E-state index in [-0.39, 0.29) is 16.6 Å². The molecule has 1 unspecified atom stereocenters. The van der Waals surface area contributed by atoms with Gasteiger partial charge >= 0.3 is 0 Å². The van der Waals surface area contributed by atoms with E-state index in [0.717, 1.165) is 25.8 Å². The van der Waals surface area contributed by atoms with Gasteiger partial charge in [-0.25, -0.2) is 0 Å². The van der Waals surface area contributed by atoms with Gasteiger partial charge in [0.05, 0.1) is 6.04 Å². The third-order valence-corrected chi connectivity index (χ3v) is 4.86. The number of nitrogens with one attached hydrogen (secondary N) is 1. The van der Waals surface area contributed by atoms with Crippen LogP contribution >= 0.6 is 11.8 Å². The summed E-state index contributed by atoms with van der Waals surface area (Å²) in [6.45, 7) is 7.31. The molecular weight excluding hydrogens is 222 g/mol. The fourth-order valence-electron chi connectivity index (χ4n) is 1.70. The first-order chi connectivity index (χ1) is 7.59. The molecule has 4 N–H and O–H groups in total. The molecule has 4 nitrogen and oxygen atoms in total. The molecule has 0 heterocycles. The van der Waals surface area contributed by atoms with Gasteiger partial charge in [0.25, 0.3) is 0 Å². The van der Waals surface area contributed by atoms with Crippen LogP contribution in [0.4, 0.5) is 0 Å². The fraction of sp³-hybridized carbons (Fsp3) is 0.909. The van der Waals surface area contributed by atoms with Crippen molar-refractivity contribution >= 4 is 17.6 Å². The van der Waals surface area contributed by atoms with E-state index in [2.05, 4.69) is 30.6 Å². The molecule has 0 aliphatic carbocycles. The van der Waals surface area contributed by atoms with Crippen LogP contribution in [0.25, 0.3) is 0 Å². The molecule has 0 aromatic heterocycles. The highest BCUT2D eigenvalue weighted by molar-refractivity contribution is 8.00. The highest BCUT2D eigenvalue weighted by Gasteiger charge is 2.26. The Morgan fingerprint density at radius 1 is 1.44 bits per heavy atom. The maximum Gasteiger partial charge on any atom is 0.156 e. The average Bonchev–Trinajstić information content (AvgIpc) is 2.35. The number of rotatable bonds is 8. The van der Waals surface area contributed by atoms with Crippen molar-refractivity contribution in [2.75, 3.05) is 12.8 Å². The predicted molar refractivity (Wildman–Crippen MR) is 72.3 cm³/mol. The summed E-state index contributed by atoms with van der Waals surface area (Å²) in [5.74, 6) is 0.268. The zero-order valence-corrected chi connectivity index (χ0v) is 11.6. The lowest BCUT2D eigenvalue weighted by molar-refractivity contribution is 0.313. The molecule has 0 fully saturated rings. The second-order valence-corrected chi connectivity index (χ2v) is 5.24. The molecular formula is C11H25N3OS. The van der Waals surface area contributed by atoms with Crippen molar-refractivity contribution in [1.29, 1.82) is 0 Å². The first-order valence-electron chi connectivity index (χ1n) is 5.85. The quantitative estimate of drug-likeness (QED) is 0.266. The van der Waals surface area contributed by atoms with Gasteiger partial charge in [-0.05, 0) is 25.5 Å². The zero-order valence-electron chi connectivity index (χ0n) is 10.8. The molecule has 5 heteroatoms. The van der Waals surface area contributed by atoms with Crippen LogP contribution in [0.2, 0.25) is 0 Å². The Bertz CT molecular complexity index is 209. The van der Waals surface area contributed by atoms with Crippen molar-refractivity contribution < 1.29 is 5.21 Å². The van der Waals surface area contributed by atoms with Crippen molar-refractivity contribution in [2.45, 2.75) is 50.8 Å². The van der Waals surface area contributed by atoms with Crippen LogP contribution in [-0.2, 0) is 0 Å². The Balaban J connectivity index is 4.38. The van der Waals surface area contributed by atoms with E-state index in [1.807, 2.05) is 18.7 Å². The number of hydrogen-bond donors (Lipinski definition) is 3. The maximum atomic E-state index is 8.66. The van der Waals surface area contributed by atoms with Gasteiger partial charge in [-0.2, -0.15) is 11.8 Å². The molecule has 16 heavy (non-hydrogen) atoms. The van der Waals surface area contributed by atoms with E-state index in [4.69, 9.17) is 10.9 Å². The average molecular weight is 247 g/mol. The summed E-state index contributed by atoms with van der Waals surface area (Å²) in [5, 5.41) is 15.1. The monoisotopic (exact) mass is 247 g/mol. The predicted octanol–water partition coefficient (Wildman–Crippen LogP) is 2.02. The van der Waals surface area contributed by atoms with E-state index in [1.54, 1.807) is 0 Å². The van der Waals surface area contributed by atoms with Crippen LogP contribution < -0.4 is 11.1 Å². The van der Waals surface area contributed by atoms with Gasteiger partial charge in [-0.1, -0.05) is 25.9 Å². The largest absolute Gasteiger partial charge is 0.409 e. The molecule has 0 rings (SSSR count). The molecule has 1 atom stereocenters. The van der Waals surface area contributed by atoms with Crippen LogP contribution in [0.1, 0.15) is 40.0 Å². The normalized spacial score (nSPS) is 15.1. The zero-order chi connectivity index (χ0) is 12.6. The minimum absolute atomic E-state index is 0.0328. The van der Waals surface area contributed by atoms with Gasteiger partial charge in [0.2, 0.25) is 0 Å². The third kappa shape index (κ3) is 4.22. The minimum Gasteiger partial charge on any atom is -0.409 e. The molecule has 0 spiro atoms. The van der Waals surface area contributed by atoms with Gasteiger partial charge < -0.3 is 16.3 Å². The number of nitrogens with zero attached hydrogens (tertiary/aromatic N) is 1. The lowest BCUT2D eigenvalue weighted by Gasteiger charge is -2.31. The van der Waals surface area contributed by atoms with E-state index >= 15 is 0 Å². The van der Waals surface area contributed by atoms with Crippen molar-refractivity contribution in [3.63, 3.8) is 0 Å². The molecule has 0 amide bonds. The molecule has 0 bridgehead atoms. The van der Waals surface area contributed by atoms with Crippen LogP contribution in [0.5, 0.6) is 0 Å². The fourth-order valence-corrected chi connectivity index (χ4v) is 2.50. The van der Waals surface area contributed by atoms with Crippen molar-refractivity contribution in [3.8, 4) is 0 Å². The number of amidine groups is 1. The molecule has 0 saturated heterocycles. The maximum absolute atomic E-state index is 8.66. The van der Waals surface area contributed by atoms with E-state index < -0.39 is 0 Å². The first kappa shape index (κ1) is 15.6. The summed E-state index contributed by atoms with van der Waals surface area (Å²) >= 11 is 1.88. The van der Waals surface area contributed by atoms with Crippen LogP contribution in [-0.4, -0.2) is 34.6 Å². The Hall–Kier alpha value is -0.420. The standard InChI is InChI=1S/C11H25N3OS/c1-5-9(10(12)14-15)13-8-11(6-2,7-3)16-4/h9,13,15H,5-8H2,1-4H3,(H2,12,14). The van der Waals surface area contributed by atoms with E-state index in [0.29, 0.717) is 0 Å². The number of hydrogen-bond acceptors (Lipinski definition) is 4. The van der Waals surface area contributed by atoms with Gasteiger partial charge in [-0.3, -0.25) is 0 Å².